The molecule has 2 N–H and O–H groups in total. The minimum Gasteiger partial charge on any atom is -0.480 e. The van der Waals surface area contributed by atoms with Crippen molar-refractivity contribution in [2.45, 2.75) is 32.6 Å². The molecule has 0 bridgehead atoms. The van der Waals surface area contributed by atoms with Crippen LogP contribution in [0.25, 0.3) is 0 Å². The standard InChI is InChI=1S/C16H22O5/c1-2-21-15(20)16(14(18)19,10-6-7-11-17)12-13-8-4-3-5-9-13/h3-5,8-9,17H,2,6-7,10-12H2,1H3,(H,18,19). The van der Waals surface area contributed by atoms with E-state index in [0.29, 0.717) is 12.8 Å². The summed E-state index contributed by atoms with van der Waals surface area (Å²) in [6.07, 6.45) is 1.15. The van der Waals surface area contributed by atoms with Crippen LogP contribution < -0.4 is 0 Å². The molecule has 0 heterocycles. The van der Waals surface area contributed by atoms with Gasteiger partial charge in [0, 0.05) is 6.61 Å². The molecule has 5 heteroatoms. The second-order valence-electron chi connectivity index (χ2n) is 4.95. The van der Waals surface area contributed by atoms with Crippen molar-refractivity contribution in [1.29, 1.82) is 0 Å². The van der Waals surface area contributed by atoms with Gasteiger partial charge in [0.15, 0.2) is 5.41 Å². The largest absolute Gasteiger partial charge is 0.480 e. The normalized spacial score (nSPS) is 13.4. The van der Waals surface area contributed by atoms with Crippen LogP contribution in [-0.4, -0.2) is 35.4 Å². The molecule has 0 aromatic heterocycles. The molecule has 0 aliphatic rings. The minimum absolute atomic E-state index is 0.0239. The van der Waals surface area contributed by atoms with Crippen LogP contribution in [0.5, 0.6) is 0 Å². The lowest BCUT2D eigenvalue weighted by Crippen LogP contribution is -2.42. The summed E-state index contributed by atoms with van der Waals surface area (Å²) in [6, 6.07) is 9.04. The van der Waals surface area contributed by atoms with Crippen molar-refractivity contribution < 1.29 is 24.5 Å². The third-order valence-corrected chi connectivity index (χ3v) is 3.44. The Morgan fingerprint density at radius 3 is 2.38 bits per heavy atom. The molecule has 0 saturated heterocycles. The number of hydrogen-bond donors (Lipinski definition) is 2. The Hall–Kier alpha value is -1.88. The van der Waals surface area contributed by atoms with Crippen LogP contribution >= 0.6 is 0 Å². The van der Waals surface area contributed by atoms with Gasteiger partial charge in [-0.2, -0.15) is 0 Å². The Labute approximate surface area is 124 Å². The first-order chi connectivity index (χ1) is 10.1. The number of aliphatic carboxylic acids is 1. The molecule has 5 nitrogen and oxygen atoms in total. The molecule has 0 amide bonds. The summed E-state index contributed by atoms with van der Waals surface area (Å²) < 4.78 is 4.99. The van der Waals surface area contributed by atoms with E-state index in [2.05, 4.69) is 0 Å². The Kier molecular flexibility index (Phi) is 6.88. The first-order valence-electron chi connectivity index (χ1n) is 7.12. The monoisotopic (exact) mass is 294 g/mol. The van der Waals surface area contributed by atoms with Crippen molar-refractivity contribution in [3.8, 4) is 0 Å². The number of esters is 1. The van der Waals surface area contributed by atoms with Crippen molar-refractivity contribution >= 4 is 11.9 Å². The molecular weight excluding hydrogens is 272 g/mol. The number of rotatable bonds is 9. The van der Waals surface area contributed by atoms with E-state index in [4.69, 9.17) is 9.84 Å². The Morgan fingerprint density at radius 1 is 1.19 bits per heavy atom. The third-order valence-electron chi connectivity index (χ3n) is 3.44. The van der Waals surface area contributed by atoms with E-state index in [1.807, 2.05) is 6.07 Å². The fourth-order valence-corrected chi connectivity index (χ4v) is 2.28. The summed E-state index contributed by atoms with van der Waals surface area (Å²) in [5.74, 6) is -1.89. The molecule has 0 fully saturated rings. The fourth-order valence-electron chi connectivity index (χ4n) is 2.28. The average molecular weight is 294 g/mol. The van der Waals surface area contributed by atoms with E-state index in [9.17, 15) is 14.7 Å². The highest BCUT2D eigenvalue weighted by Crippen LogP contribution is 2.32. The van der Waals surface area contributed by atoms with Crippen molar-refractivity contribution in [3.63, 3.8) is 0 Å². The molecule has 1 aromatic carbocycles. The molecule has 116 valence electrons. The van der Waals surface area contributed by atoms with Gasteiger partial charge in [-0.1, -0.05) is 30.3 Å². The number of carboxylic acids is 1. The van der Waals surface area contributed by atoms with Crippen LogP contribution in [0.1, 0.15) is 31.7 Å². The lowest BCUT2D eigenvalue weighted by molar-refractivity contribution is -0.169. The van der Waals surface area contributed by atoms with Crippen LogP contribution in [0.4, 0.5) is 0 Å². The smallest absolute Gasteiger partial charge is 0.323 e. The summed E-state index contributed by atoms with van der Waals surface area (Å²) in [7, 11) is 0. The van der Waals surface area contributed by atoms with E-state index in [1.165, 1.54) is 0 Å². The van der Waals surface area contributed by atoms with Gasteiger partial charge in [0.05, 0.1) is 6.61 Å². The fraction of sp³-hybridized carbons (Fsp3) is 0.500. The van der Waals surface area contributed by atoms with Crippen molar-refractivity contribution in [2.75, 3.05) is 13.2 Å². The Balaban J connectivity index is 3.04. The zero-order valence-electron chi connectivity index (χ0n) is 12.2. The second kappa shape index (κ2) is 8.42. The first-order valence-corrected chi connectivity index (χ1v) is 7.12. The first kappa shape index (κ1) is 17.2. The van der Waals surface area contributed by atoms with Gasteiger partial charge >= 0.3 is 11.9 Å². The summed E-state index contributed by atoms with van der Waals surface area (Å²) >= 11 is 0. The van der Waals surface area contributed by atoms with E-state index < -0.39 is 17.4 Å². The lowest BCUT2D eigenvalue weighted by atomic mass is 9.77. The molecule has 0 radical (unpaired) electrons. The van der Waals surface area contributed by atoms with Gasteiger partial charge in [-0.15, -0.1) is 0 Å². The molecule has 0 saturated carbocycles. The molecule has 21 heavy (non-hydrogen) atoms. The number of hydrogen-bond acceptors (Lipinski definition) is 4. The zero-order valence-corrected chi connectivity index (χ0v) is 12.2. The summed E-state index contributed by atoms with van der Waals surface area (Å²) in [5, 5.41) is 18.5. The predicted molar refractivity (Wildman–Crippen MR) is 77.8 cm³/mol. The van der Waals surface area contributed by atoms with Gasteiger partial charge in [0.1, 0.15) is 0 Å². The van der Waals surface area contributed by atoms with Gasteiger partial charge < -0.3 is 14.9 Å². The number of aliphatic hydroxyl groups excluding tert-OH is 1. The number of carboxylic acid groups (broad SMARTS) is 1. The van der Waals surface area contributed by atoms with Crippen LogP contribution in [-0.2, 0) is 20.7 Å². The van der Waals surface area contributed by atoms with Gasteiger partial charge in [-0.3, -0.25) is 9.59 Å². The van der Waals surface area contributed by atoms with Crippen molar-refractivity contribution in [1.82, 2.24) is 0 Å². The van der Waals surface area contributed by atoms with Gasteiger partial charge in [-0.05, 0) is 38.2 Å². The number of aliphatic hydroxyl groups is 1. The van der Waals surface area contributed by atoms with Crippen molar-refractivity contribution in [2.24, 2.45) is 5.41 Å². The maximum Gasteiger partial charge on any atom is 0.323 e. The number of carbonyl (C=O) groups excluding carboxylic acids is 1. The molecule has 0 aliphatic heterocycles. The highest BCUT2D eigenvalue weighted by Gasteiger charge is 2.47. The highest BCUT2D eigenvalue weighted by molar-refractivity contribution is 5.99. The third kappa shape index (κ3) is 4.56. The van der Waals surface area contributed by atoms with Gasteiger partial charge in [0.25, 0.3) is 0 Å². The molecule has 1 rings (SSSR count). The maximum absolute atomic E-state index is 12.2. The van der Waals surface area contributed by atoms with Gasteiger partial charge in [0.2, 0.25) is 0 Å². The van der Waals surface area contributed by atoms with E-state index >= 15 is 0 Å². The molecule has 1 atom stereocenters. The Bertz CT molecular complexity index is 457. The van der Waals surface area contributed by atoms with Crippen LogP contribution in [0.3, 0.4) is 0 Å². The summed E-state index contributed by atoms with van der Waals surface area (Å²) in [6.45, 7) is 1.77. The number of benzene rings is 1. The molecule has 1 aromatic rings. The quantitative estimate of drug-likeness (QED) is 0.413. The SMILES string of the molecule is CCOC(=O)C(CCCCO)(Cc1ccccc1)C(=O)O. The van der Waals surface area contributed by atoms with E-state index in [1.54, 1.807) is 31.2 Å². The van der Waals surface area contributed by atoms with Crippen LogP contribution in [0.2, 0.25) is 0 Å². The predicted octanol–water partition coefficient (Wildman–Crippen LogP) is 2.03. The average Bonchev–Trinajstić information content (AvgIpc) is 2.47. The van der Waals surface area contributed by atoms with Crippen LogP contribution in [0.15, 0.2) is 30.3 Å². The van der Waals surface area contributed by atoms with E-state index in [0.717, 1.165) is 5.56 Å². The van der Waals surface area contributed by atoms with Gasteiger partial charge in [-0.25, -0.2) is 0 Å². The number of ether oxygens (including phenoxy) is 1. The summed E-state index contributed by atoms with van der Waals surface area (Å²) in [4.78, 5) is 24.0. The molecule has 1 unspecified atom stereocenters. The van der Waals surface area contributed by atoms with E-state index in [-0.39, 0.29) is 26.1 Å². The second-order valence-corrected chi connectivity index (χ2v) is 4.95. The topological polar surface area (TPSA) is 83.8 Å². The molecule has 0 spiro atoms. The maximum atomic E-state index is 12.2. The highest BCUT2D eigenvalue weighted by atomic mass is 16.5. The Morgan fingerprint density at radius 2 is 1.86 bits per heavy atom. The number of unbranched alkanes of at least 4 members (excludes halogenated alkanes) is 1. The van der Waals surface area contributed by atoms with Crippen molar-refractivity contribution in [3.05, 3.63) is 35.9 Å². The zero-order chi connectivity index (χ0) is 15.7. The molecule has 0 aliphatic carbocycles. The lowest BCUT2D eigenvalue weighted by Gasteiger charge is -2.27. The minimum atomic E-state index is -1.59. The van der Waals surface area contributed by atoms with Crippen LogP contribution in [0, 0.1) is 5.41 Å². The summed E-state index contributed by atoms with van der Waals surface area (Å²) in [5.41, 5.74) is -0.816. The number of carbonyl (C=O) groups is 2. The molecular formula is C16H22O5.